The summed E-state index contributed by atoms with van der Waals surface area (Å²) in [5.74, 6) is -1.40. The highest BCUT2D eigenvalue weighted by atomic mass is 35.5. The molecule has 0 unspecified atom stereocenters. The fraction of sp³-hybridized carbons (Fsp3) is 0.300. The highest BCUT2D eigenvalue weighted by Gasteiger charge is 2.46. The van der Waals surface area contributed by atoms with Gasteiger partial charge in [-0.2, -0.15) is 0 Å². The Hall–Kier alpha value is -4.29. The summed E-state index contributed by atoms with van der Waals surface area (Å²) in [5, 5.41) is 11.1. The second kappa shape index (κ2) is 10.5. The molecule has 0 spiro atoms. The van der Waals surface area contributed by atoms with Crippen LogP contribution in [-0.4, -0.2) is 68.6 Å². The number of anilines is 2. The standard InChI is InChI=1S/C30H28ClFN6O4S/c1-6-21(40)36-11-15(4)37-19(12-36)29(41)35(5)25-24(37)16-10-17(31)23(22-18(32)8-7-9-20(22)39)34-27(16)38(30(25)42)28-26(14(2)3)43-13-33-28/h6-10,13-15,19,39H,1,11-12H2,2-5H3/t15-,19+/m0/s1. The molecule has 1 fully saturated rings. The Balaban J connectivity index is 1.73. The van der Waals surface area contributed by atoms with Gasteiger partial charge in [0.25, 0.3) is 11.5 Å². The van der Waals surface area contributed by atoms with Crippen LogP contribution in [0.4, 0.5) is 15.8 Å². The third-order valence-electron chi connectivity index (χ3n) is 7.98. The van der Waals surface area contributed by atoms with Gasteiger partial charge in [0.2, 0.25) is 5.91 Å². The quantitative estimate of drug-likeness (QED) is 0.329. The van der Waals surface area contributed by atoms with Gasteiger partial charge >= 0.3 is 0 Å². The number of aromatic hydroxyl groups is 1. The molecule has 3 aromatic heterocycles. The summed E-state index contributed by atoms with van der Waals surface area (Å²) in [5.41, 5.74) is 1.52. The van der Waals surface area contributed by atoms with E-state index in [0.29, 0.717) is 16.9 Å². The van der Waals surface area contributed by atoms with Crippen molar-refractivity contribution in [2.45, 2.75) is 38.8 Å². The number of thiazole rings is 1. The van der Waals surface area contributed by atoms with Crippen molar-refractivity contribution in [3.8, 4) is 22.8 Å². The van der Waals surface area contributed by atoms with E-state index in [9.17, 15) is 19.5 Å². The van der Waals surface area contributed by atoms with Crippen LogP contribution in [0.25, 0.3) is 28.1 Å². The first-order chi connectivity index (χ1) is 20.5. The van der Waals surface area contributed by atoms with Gasteiger partial charge in [0, 0.05) is 25.0 Å². The summed E-state index contributed by atoms with van der Waals surface area (Å²) in [4.78, 5) is 55.7. The first-order valence-corrected chi connectivity index (χ1v) is 14.9. The average Bonchev–Trinajstić information content (AvgIpc) is 3.45. The van der Waals surface area contributed by atoms with Gasteiger partial charge in [0.15, 0.2) is 11.5 Å². The van der Waals surface area contributed by atoms with Crippen LogP contribution in [0.2, 0.25) is 5.02 Å². The van der Waals surface area contributed by atoms with Crippen LogP contribution < -0.4 is 15.4 Å². The molecule has 13 heteroatoms. The number of aromatic nitrogens is 3. The number of phenols is 1. The van der Waals surface area contributed by atoms with Gasteiger partial charge in [0.1, 0.15) is 23.3 Å². The van der Waals surface area contributed by atoms with Gasteiger partial charge in [-0.25, -0.2) is 18.9 Å². The fourth-order valence-corrected chi connectivity index (χ4v) is 7.08. The normalized spacial score (nSPS) is 18.3. The lowest BCUT2D eigenvalue weighted by Gasteiger charge is -2.50. The molecule has 1 saturated heterocycles. The molecule has 43 heavy (non-hydrogen) atoms. The van der Waals surface area contributed by atoms with Crippen molar-refractivity contribution in [2.75, 3.05) is 29.9 Å². The lowest BCUT2D eigenvalue weighted by atomic mass is 9.97. The molecule has 6 rings (SSSR count). The van der Waals surface area contributed by atoms with Crippen LogP contribution in [0.3, 0.4) is 0 Å². The summed E-state index contributed by atoms with van der Waals surface area (Å²) in [6.07, 6.45) is 1.21. The largest absolute Gasteiger partial charge is 0.507 e. The van der Waals surface area contributed by atoms with Crippen LogP contribution in [-0.2, 0) is 9.59 Å². The molecule has 5 heterocycles. The van der Waals surface area contributed by atoms with E-state index in [4.69, 9.17) is 16.6 Å². The molecular weight excluding hydrogens is 595 g/mol. The maximum atomic E-state index is 15.1. The molecule has 10 nitrogen and oxygen atoms in total. The minimum absolute atomic E-state index is 0.00195. The number of pyridine rings is 2. The number of carbonyl (C=O) groups is 2. The van der Waals surface area contributed by atoms with Crippen molar-refractivity contribution in [3.63, 3.8) is 0 Å². The SMILES string of the molecule is C=CC(=O)N1C[C@@H]2C(=O)N(C)c3c(c4cc(Cl)c(-c5c(O)cccc5F)nc4n(-c4ncsc4C(C)C)c3=O)N2[C@@H](C)C1. The number of benzene rings is 1. The number of hydrogen-bond donors (Lipinski definition) is 1. The Morgan fingerprint density at radius 3 is 2.67 bits per heavy atom. The van der Waals surface area contributed by atoms with Crippen LogP contribution in [0.15, 0.2) is 47.2 Å². The summed E-state index contributed by atoms with van der Waals surface area (Å²) in [6, 6.07) is 4.29. The monoisotopic (exact) mass is 622 g/mol. The predicted molar refractivity (Wildman–Crippen MR) is 165 cm³/mol. The van der Waals surface area contributed by atoms with Crippen molar-refractivity contribution >= 4 is 57.2 Å². The Morgan fingerprint density at radius 1 is 1.26 bits per heavy atom. The lowest BCUT2D eigenvalue weighted by Crippen LogP contribution is -2.66. The summed E-state index contributed by atoms with van der Waals surface area (Å²) < 4.78 is 16.4. The second-order valence-corrected chi connectivity index (χ2v) is 12.3. The Kier molecular flexibility index (Phi) is 7.01. The van der Waals surface area contributed by atoms with E-state index in [-0.39, 0.29) is 70.2 Å². The maximum absolute atomic E-state index is 15.1. The third kappa shape index (κ3) is 4.30. The zero-order chi connectivity index (χ0) is 30.9. The number of piperazine rings is 1. The maximum Gasteiger partial charge on any atom is 0.284 e. The first kappa shape index (κ1) is 28.8. The zero-order valence-corrected chi connectivity index (χ0v) is 25.4. The van der Waals surface area contributed by atoms with Crippen LogP contribution in [0.1, 0.15) is 31.6 Å². The molecule has 2 amide bonds. The van der Waals surface area contributed by atoms with Gasteiger partial charge in [-0.1, -0.05) is 38.1 Å². The minimum Gasteiger partial charge on any atom is -0.507 e. The van der Waals surface area contributed by atoms with E-state index in [1.807, 2.05) is 25.7 Å². The Bertz CT molecular complexity index is 1890. The van der Waals surface area contributed by atoms with Crippen molar-refractivity contribution in [1.82, 2.24) is 19.4 Å². The third-order valence-corrected chi connectivity index (χ3v) is 9.38. The first-order valence-electron chi connectivity index (χ1n) is 13.6. The van der Waals surface area contributed by atoms with E-state index in [1.165, 1.54) is 52.1 Å². The van der Waals surface area contributed by atoms with Gasteiger partial charge < -0.3 is 19.8 Å². The number of amides is 2. The average molecular weight is 623 g/mol. The number of likely N-dealkylation sites (N-methyl/N-ethyl adjacent to an activating group) is 1. The van der Waals surface area contributed by atoms with Gasteiger partial charge in [0.05, 0.1) is 38.9 Å². The van der Waals surface area contributed by atoms with Crippen LogP contribution >= 0.6 is 22.9 Å². The molecule has 2 aliphatic rings. The topological polar surface area (TPSA) is 112 Å². The smallest absolute Gasteiger partial charge is 0.284 e. The van der Waals surface area contributed by atoms with Gasteiger partial charge in [-0.05, 0) is 37.1 Å². The number of rotatable bonds is 4. The number of nitrogens with zero attached hydrogens (tertiary/aromatic N) is 6. The van der Waals surface area contributed by atoms with E-state index in [0.717, 1.165) is 4.88 Å². The molecule has 0 aliphatic carbocycles. The second-order valence-electron chi connectivity index (χ2n) is 11.0. The Morgan fingerprint density at radius 2 is 2.00 bits per heavy atom. The highest BCUT2D eigenvalue weighted by molar-refractivity contribution is 7.10. The molecule has 0 saturated carbocycles. The fourth-order valence-electron chi connectivity index (χ4n) is 6.05. The molecule has 0 bridgehead atoms. The summed E-state index contributed by atoms with van der Waals surface area (Å²) >= 11 is 8.16. The van der Waals surface area contributed by atoms with Crippen molar-refractivity contribution in [1.29, 1.82) is 0 Å². The lowest BCUT2D eigenvalue weighted by molar-refractivity contribution is -0.129. The highest BCUT2D eigenvalue weighted by Crippen LogP contribution is 2.45. The van der Waals surface area contributed by atoms with Gasteiger partial charge in [-0.15, -0.1) is 11.3 Å². The molecular formula is C30H28ClFN6O4S. The Labute approximate surface area is 255 Å². The molecule has 4 aromatic rings. The summed E-state index contributed by atoms with van der Waals surface area (Å²) in [6.45, 7) is 9.77. The number of phenolic OH excluding ortho intramolecular Hbond substituents is 1. The van der Waals surface area contributed by atoms with E-state index in [1.54, 1.807) is 16.5 Å². The molecule has 222 valence electrons. The zero-order valence-electron chi connectivity index (χ0n) is 23.8. The molecule has 2 atom stereocenters. The molecule has 2 aliphatic heterocycles. The number of fused-ring (bicyclic) bond motifs is 5. The van der Waals surface area contributed by atoms with E-state index in [2.05, 4.69) is 11.6 Å². The van der Waals surface area contributed by atoms with E-state index < -0.39 is 17.4 Å². The van der Waals surface area contributed by atoms with Crippen LogP contribution in [0, 0.1) is 5.82 Å². The number of halogens is 2. The summed E-state index contributed by atoms with van der Waals surface area (Å²) in [7, 11) is 1.53. The van der Waals surface area contributed by atoms with Crippen LogP contribution in [0.5, 0.6) is 5.75 Å². The minimum atomic E-state index is -0.789. The van der Waals surface area contributed by atoms with Crippen molar-refractivity contribution in [3.05, 3.63) is 68.5 Å². The molecule has 0 radical (unpaired) electrons. The van der Waals surface area contributed by atoms with Gasteiger partial charge in [-0.3, -0.25) is 14.4 Å². The van der Waals surface area contributed by atoms with E-state index >= 15 is 4.39 Å². The van der Waals surface area contributed by atoms with Crippen molar-refractivity contribution in [2.24, 2.45) is 0 Å². The molecule has 1 aromatic carbocycles. The molecule has 1 N–H and O–H groups in total. The van der Waals surface area contributed by atoms with Crippen molar-refractivity contribution < 1.29 is 19.1 Å². The number of carbonyl (C=O) groups excluding carboxylic acids is 2. The number of hydrogen-bond acceptors (Lipinski definition) is 8. The predicted octanol–water partition coefficient (Wildman–Crippen LogP) is 4.70.